The number of rotatable bonds is 13. The molecule has 13 heteroatoms. The highest BCUT2D eigenvalue weighted by molar-refractivity contribution is 6.38. The van der Waals surface area contributed by atoms with E-state index in [4.69, 9.17) is 16.3 Å². The number of hydrogen-bond acceptors (Lipinski definition) is 7. The number of carbonyl (C=O) groups excluding carboxylic acids is 5. The number of hydrogen-bond donors (Lipinski definition) is 2. The van der Waals surface area contributed by atoms with Crippen molar-refractivity contribution in [2.75, 3.05) is 31.1 Å². The van der Waals surface area contributed by atoms with Gasteiger partial charge in [0.2, 0.25) is 23.6 Å². The lowest BCUT2D eigenvalue weighted by molar-refractivity contribution is -0.137. The highest BCUT2D eigenvalue weighted by Crippen LogP contribution is 2.36. The molecule has 3 aliphatic heterocycles. The van der Waals surface area contributed by atoms with Gasteiger partial charge >= 0.3 is 0 Å². The summed E-state index contributed by atoms with van der Waals surface area (Å²) >= 11 is 6.86. The van der Waals surface area contributed by atoms with E-state index >= 15 is 0 Å². The fourth-order valence-electron chi connectivity index (χ4n) is 7.48. The zero-order chi connectivity index (χ0) is 37.1. The Morgan fingerprint density at radius 1 is 0.981 bits per heavy atom. The van der Waals surface area contributed by atoms with Gasteiger partial charge in [-0.1, -0.05) is 56.0 Å². The van der Waals surface area contributed by atoms with E-state index in [1.807, 2.05) is 42.6 Å². The molecule has 0 aliphatic carbocycles. The quantitative estimate of drug-likeness (QED) is 0.130. The summed E-state index contributed by atoms with van der Waals surface area (Å²) in [7, 11) is 0. The van der Waals surface area contributed by atoms with Gasteiger partial charge in [0, 0.05) is 67.1 Å². The Morgan fingerprint density at radius 2 is 1.81 bits per heavy atom. The number of imide groups is 1. The number of nitrogens with zero attached hydrogens (tertiary/aromatic N) is 4. The summed E-state index contributed by atoms with van der Waals surface area (Å²) in [5, 5.41) is 3.88. The van der Waals surface area contributed by atoms with Crippen LogP contribution in [0.4, 0.5) is 5.69 Å². The molecule has 12 nitrogen and oxygen atoms in total. The van der Waals surface area contributed by atoms with Crippen LogP contribution < -0.4 is 15.0 Å². The fraction of sp³-hybridized carbons (Fsp3) is 0.400. The van der Waals surface area contributed by atoms with E-state index in [1.54, 1.807) is 22.1 Å². The second-order valence-electron chi connectivity index (χ2n) is 13.9. The lowest BCUT2D eigenvalue weighted by Gasteiger charge is -2.34. The van der Waals surface area contributed by atoms with Gasteiger partial charge in [0.1, 0.15) is 24.0 Å². The van der Waals surface area contributed by atoms with E-state index in [1.165, 1.54) is 4.90 Å². The van der Waals surface area contributed by atoms with Gasteiger partial charge in [-0.05, 0) is 66.6 Å². The standard InChI is InChI=1S/C40H43ClN6O6/c1-2-25-21-42-38-36(25)37(41)31(22-43-38)26-9-8-10-28(19-26)46-17-16-45(24-35(46)50)34(49)11-6-4-3-5-7-18-53-29-13-12-27-23-47(40(52)30(27)20-29)32-14-15-33(48)44-39(32)51/h8-10,12-13,19-22,32H,2-7,11,14-18,23-24H2,1H3,(H,42,43)(H,44,48,51). The highest BCUT2D eigenvalue weighted by Gasteiger charge is 2.39. The molecule has 5 heterocycles. The van der Waals surface area contributed by atoms with Gasteiger partial charge in [-0.3, -0.25) is 29.3 Å². The van der Waals surface area contributed by atoms with E-state index in [0.29, 0.717) is 55.4 Å². The summed E-state index contributed by atoms with van der Waals surface area (Å²) in [6, 6.07) is 12.5. The molecule has 276 valence electrons. The lowest BCUT2D eigenvalue weighted by Crippen LogP contribution is -2.52. The van der Waals surface area contributed by atoms with Gasteiger partial charge < -0.3 is 24.4 Å². The first-order valence-corrected chi connectivity index (χ1v) is 18.8. The number of aromatic nitrogens is 2. The number of ether oxygens (including phenoxy) is 1. The topological polar surface area (TPSA) is 145 Å². The van der Waals surface area contributed by atoms with Crippen molar-refractivity contribution >= 4 is 57.9 Å². The Morgan fingerprint density at radius 3 is 2.62 bits per heavy atom. The summed E-state index contributed by atoms with van der Waals surface area (Å²) in [6.07, 6.45) is 9.88. The number of H-pyrrole nitrogens is 1. The van der Waals surface area contributed by atoms with E-state index in [9.17, 15) is 24.0 Å². The van der Waals surface area contributed by atoms with Gasteiger partial charge in [0.25, 0.3) is 5.91 Å². The average molecular weight is 739 g/mol. The summed E-state index contributed by atoms with van der Waals surface area (Å²) in [5.41, 5.74) is 5.69. The number of unbranched alkanes of at least 4 members (excludes halogenated alkanes) is 4. The number of anilines is 1. The maximum atomic E-state index is 13.2. The molecule has 1 unspecified atom stereocenters. The Balaban J connectivity index is 0.811. The van der Waals surface area contributed by atoms with Crippen molar-refractivity contribution < 1.29 is 28.7 Å². The average Bonchev–Trinajstić information content (AvgIpc) is 3.73. The summed E-state index contributed by atoms with van der Waals surface area (Å²) < 4.78 is 5.92. The molecular weight excluding hydrogens is 696 g/mol. The van der Waals surface area contributed by atoms with Crippen molar-refractivity contribution in [3.8, 4) is 16.9 Å². The third-order valence-electron chi connectivity index (χ3n) is 10.4. The van der Waals surface area contributed by atoms with Crippen molar-refractivity contribution in [3.63, 3.8) is 0 Å². The third kappa shape index (κ3) is 7.64. The first-order chi connectivity index (χ1) is 25.7. The molecule has 0 radical (unpaired) electrons. The molecule has 53 heavy (non-hydrogen) atoms. The molecule has 2 N–H and O–H groups in total. The van der Waals surface area contributed by atoms with Crippen molar-refractivity contribution in [3.05, 3.63) is 76.6 Å². The molecule has 2 aromatic heterocycles. The number of piperazine rings is 1. The highest BCUT2D eigenvalue weighted by atomic mass is 35.5. The second kappa shape index (κ2) is 15.8. The van der Waals surface area contributed by atoms with Gasteiger partial charge in [-0.25, -0.2) is 4.98 Å². The molecule has 3 aliphatic rings. The first-order valence-electron chi connectivity index (χ1n) is 18.4. The zero-order valence-corrected chi connectivity index (χ0v) is 30.5. The third-order valence-corrected chi connectivity index (χ3v) is 10.8. The van der Waals surface area contributed by atoms with Gasteiger partial charge in [-0.15, -0.1) is 0 Å². The second-order valence-corrected chi connectivity index (χ2v) is 14.3. The van der Waals surface area contributed by atoms with Crippen LogP contribution >= 0.6 is 11.6 Å². The van der Waals surface area contributed by atoms with Crippen LogP contribution in [0.2, 0.25) is 5.02 Å². The van der Waals surface area contributed by atoms with Crippen LogP contribution in [-0.2, 0) is 32.1 Å². The number of benzene rings is 2. The Labute approximate surface area is 312 Å². The first kappa shape index (κ1) is 36.1. The van der Waals surface area contributed by atoms with E-state index in [-0.39, 0.29) is 36.6 Å². The maximum absolute atomic E-state index is 13.2. The van der Waals surface area contributed by atoms with E-state index in [0.717, 1.165) is 77.5 Å². The van der Waals surface area contributed by atoms with Crippen LogP contribution in [0.5, 0.6) is 5.75 Å². The monoisotopic (exact) mass is 738 g/mol. The molecule has 0 spiro atoms. The number of pyridine rings is 1. The van der Waals surface area contributed by atoms with Crippen LogP contribution in [0.25, 0.3) is 22.2 Å². The van der Waals surface area contributed by atoms with E-state index in [2.05, 4.69) is 22.2 Å². The number of fused-ring (bicyclic) bond motifs is 2. The SMILES string of the molecule is CCc1c[nH]c2ncc(-c3cccc(N4CCN(C(=O)CCCCCCCOc5ccc6c(c5)C(=O)N(C5CCC(=O)NC5=O)C6)CC4=O)c3)c(Cl)c12. The molecule has 2 aromatic carbocycles. The Bertz CT molecular complexity index is 2080. The minimum atomic E-state index is -0.639. The number of amides is 5. The predicted octanol–water partition coefficient (Wildman–Crippen LogP) is 5.80. The normalized spacial score (nSPS) is 17.5. The molecule has 2 saturated heterocycles. The van der Waals surface area contributed by atoms with Gasteiger partial charge in [0.15, 0.2) is 0 Å². The molecule has 7 rings (SSSR count). The van der Waals surface area contributed by atoms with Crippen LogP contribution in [0.1, 0.15) is 79.8 Å². The summed E-state index contributed by atoms with van der Waals surface area (Å²) in [6.45, 7) is 3.88. The van der Waals surface area contributed by atoms with Gasteiger partial charge in [0.05, 0.1) is 11.6 Å². The van der Waals surface area contributed by atoms with Gasteiger partial charge in [-0.2, -0.15) is 0 Å². The molecule has 1 atom stereocenters. The minimum absolute atomic E-state index is 0.00167. The number of aryl methyl sites for hydroxylation is 1. The number of piperidine rings is 1. The molecule has 4 aromatic rings. The van der Waals surface area contributed by atoms with Crippen LogP contribution in [-0.4, -0.2) is 81.6 Å². The van der Waals surface area contributed by atoms with Crippen molar-refractivity contribution in [1.82, 2.24) is 25.1 Å². The number of carbonyl (C=O) groups is 5. The molecular formula is C40H43ClN6O6. The maximum Gasteiger partial charge on any atom is 0.255 e. The van der Waals surface area contributed by atoms with Crippen molar-refractivity contribution in [2.24, 2.45) is 0 Å². The van der Waals surface area contributed by atoms with Crippen LogP contribution in [0, 0.1) is 0 Å². The van der Waals surface area contributed by atoms with Crippen LogP contribution in [0.3, 0.4) is 0 Å². The van der Waals surface area contributed by atoms with E-state index < -0.39 is 11.9 Å². The lowest BCUT2D eigenvalue weighted by atomic mass is 10.0. The Hall–Kier alpha value is -5.23. The largest absolute Gasteiger partial charge is 0.494 e. The molecule has 2 fully saturated rings. The fourth-order valence-corrected chi connectivity index (χ4v) is 7.85. The molecule has 5 amide bonds. The van der Waals surface area contributed by atoms with Crippen LogP contribution in [0.15, 0.2) is 54.9 Å². The molecule has 0 bridgehead atoms. The smallest absolute Gasteiger partial charge is 0.255 e. The predicted molar refractivity (Wildman–Crippen MR) is 201 cm³/mol. The summed E-state index contributed by atoms with van der Waals surface area (Å²) in [4.78, 5) is 75.7. The number of halogens is 1. The number of nitrogens with one attached hydrogen (secondary N) is 2. The summed E-state index contributed by atoms with van der Waals surface area (Å²) in [5.74, 6) is -0.452. The zero-order valence-electron chi connectivity index (χ0n) is 29.8. The minimum Gasteiger partial charge on any atom is -0.494 e. The number of aromatic amines is 1. The Kier molecular flexibility index (Phi) is 10.8. The molecule has 0 saturated carbocycles. The van der Waals surface area contributed by atoms with Crippen molar-refractivity contribution in [1.29, 1.82) is 0 Å². The van der Waals surface area contributed by atoms with Crippen molar-refractivity contribution in [2.45, 2.75) is 77.3 Å².